The van der Waals surface area contributed by atoms with Crippen molar-refractivity contribution in [3.8, 4) is 0 Å². The van der Waals surface area contributed by atoms with Crippen molar-refractivity contribution in [2.75, 3.05) is 32.8 Å². The lowest BCUT2D eigenvalue weighted by Crippen LogP contribution is -2.44. The van der Waals surface area contributed by atoms with Crippen molar-refractivity contribution < 1.29 is 9.84 Å². The van der Waals surface area contributed by atoms with Gasteiger partial charge in [-0.2, -0.15) is 0 Å². The molecule has 2 aliphatic rings. The zero-order valence-corrected chi connectivity index (χ0v) is 10.4. The molecular weight excluding hydrogens is 202 g/mol. The van der Waals surface area contributed by atoms with E-state index in [-0.39, 0.29) is 6.10 Å². The lowest BCUT2D eigenvalue weighted by Gasteiger charge is -2.37. The normalized spacial score (nSPS) is 37.5. The molecule has 3 unspecified atom stereocenters. The van der Waals surface area contributed by atoms with E-state index in [9.17, 15) is 5.11 Å². The van der Waals surface area contributed by atoms with Gasteiger partial charge in [0, 0.05) is 25.6 Å². The maximum Gasteiger partial charge on any atom is 0.0624 e. The summed E-state index contributed by atoms with van der Waals surface area (Å²) in [7, 11) is 0. The molecule has 3 nitrogen and oxygen atoms in total. The fourth-order valence-corrected chi connectivity index (χ4v) is 2.94. The number of ether oxygens (including phenoxy) is 1. The molecular formula is C13H25NO2. The Kier molecular flexibility index (Phi) is 4.62. The SMILES string of the molecule is CCC1CCCN(CC2COCCC2O)C1. The summed E-state index contributed by atoms with van der Waals surface area (Å²) in [4.78, 5) is 2.53. The van der Waals surface area contributed by atoms with E-state index in [2.05, 4.69) is 11.8 Å². The van der Waals surface area contributed by atoms with Crippen LogP contribution in [0.15, 0.2) is 0 Å². The fourth-order valence-electron chi connectivity index (χ4n) is 2.94. The number of hydrogen-bond donors (Lipinski definition) is 1. The molecule has 0 saturated carbocycles. The Hall–Kier alpha value is -0.120. The highest BCUT2D eigenvalue weighted by atomic mass is 16.5. The van der Waals surface area contributed by atoms with Gasteiger partial charge >= 0.3 is 0 Å². The van der Waals surface area contributed by atoms with Crippen LogP contribution in [0.5, 0.6) is 0 Å². The molecule has 0 amide bonds. The van der Waals surface area contributed by atoms with Gasteiger partial charge in [-0.3, -0.25) is 0 Å². The van der Waals surface area contributed by atoms with Gasteiger partial charge in [0.25, 0.3) is 0 Å². The summed E-state index contributed by atoms with van der Waals surface area (Å²) in [6, 6.07) is 0. The highest BCUT2D eigenvalue weighted by Gasteiger charge is 2.27. The number of hydrogen-bond acceptors (Lipinski definition) is 3. The van der Waals surface area contributed by atoms with Crippen LogP contribution in [0, 0.1) is 11.8 Å². The second-order valence-electron chi connectivity index (χ2n) is 5.37. The third-order valence-corrected chi connectivity index (χ3v) is 4.11. The summed E-state index contributed by atoms with van der Waals surface area (Å²) in [5.74, 6) is 1.21. The zero-order chi connectivity index (χ0) is 11.4. The molecule has 2 fully saturated rings. The highest BCUT2D eigenvalue weighted by Crippen LogP contribution is 2.22. The molecule has 0 bridgehead atoms. The van der Waals surface area contributed by atoms with Crippen LogP contribution in [0.3, 0.4) is 0 Å². The van der Waals surface area contributed by atoms with Crippen LogP contribution in [-0.4, -0.2) is 49.0 Å². The highest BCUT2D eigenvalue weighted by molar-refractivity contribution is 4.79. The first-order valence-electron chi connectivity index (χ1n) is 6.77. The van der Waals surface area contributed by atoms with E-state index >= 15 is 0 Å². The summed E-state index contributed by atoms with van der Waals surface area (Å²) < 4.78 is 5.46. The van der Waals surface area contributed by atoms with Gasteiger partial charge < -0.3 is 14.7 Å². The Morgan fingerprint density at radius 1 is 1.38 bits per heavy atom. The second-order valence-corrected chi connectivity index (χ2v) is 5.37. The second kappa shape index (κ2) is 5.99. The van der Waals surface area contributed by atoms with E-state index in [1.807, 2.05) is 0 Å². The summed E-state index contributed by atoms with van der Waals surface area (Å²) in [5, 5.41) is 9.92. The zero-order valence-electron chi connectivity index (χ0n) is 10.4. The maximum atomic E-state index is 9.92. The predicted molar refractivity (Wildman–Crippen MR) is 64.4 cm³/mol. The molecule has 16 heavy (non-hydrogen) atoms. The largest absolute Gasteiger partial charge is 0.393 e. The minimum absolute atomic E-state index is 0.143. The Labute approximate surface area is 98.8 Å². The topological polar surface area (TPSA) is 32.7 Å². The third-order valence-electron chi connectivity index (χ3n) is 4.11. The first-order valence-corrected chi connectivity index (χ1v) is 6.77. The monoisotopic (exact) mass is 227 g/mol. The summed E-state index contributed by atoms with van der Waals surface area (Å²) >= 11 is 0. The summed E-state index contributed by atoms with van der Waals surface area (Å²) in [5.41, 5.74) is 0. The number of aliphatic hydroxyl groups excluding tert-OH is 1. The van der Waals surface area contributed by atoms with Crippen LogP contribution in [-0.2, 0) is 4.74 Å². The Morgan fingerprint density at radius 3 is 3.00 bits per heavy atom. The Balaban J connectivity index is 1.79. The maximum absolute atomic E-state index is 9.92. The number of rotatable bonds is 3. The van der Waals surface area contributed by atoms with Gasteiger partial charge in [-0.15, -0.1) is 0 Å². The molecule has 0 radical (unpaired) electrons. The molecule has 0 spiro atoms. The summed E-state index contributed by atoms with van der Waals surface area (Å²) in [6.07, 6.45) is 4.67. The molecule has 0 aromatic rings. The van der Waals surface area contributed by atoms with Crippen molar-refractivity contribution in [3.63, 3.8) is 0 Å². The number of nitrogens with zero attached hydrogens (tertiary/aromatic N) is 1. The van der Waals surface area contributed by atoms with Gasteiger partial charge in [0.2, 0.25) is 0 Å². The van der Waals surface area contributed by atoms with E-state index in [0.717, 1.165) is 32.1 Å². The Morgan fingerprint density at radius 2 is 2.25 bits per heavy atom. The minimum Gasteiger partial charge on any atom is -0.393 e. The molecule has 2 saturated heterocycles. The molecule has 2 aliphatic heterocycles. The van der Waals surface area contributed by atoms with Gasteiger partial charge in [-0.25, -0.2) is 0 Å². The van der Waals surface area contributed by atoms with Crippen molar-refractivity contribution in [3.05, 3.63) is 0 Å². The van der Waals surface area contributed by atoms with E-state index in [1.165, 1.54) is 32.4 Å². The van der Waals surface area contributed by atoms with Crippen molar-refractivity contribution in [1.82, 2.24) is 4.90 Å². The first-order chi connectivity index (χ1) is 7.79. The minimum atomic E-state index is -0.143. The van der Waals surface area contributed by atoms with Crippen LogP contribution in [0.2, 0.25) is 0 Å². The van der Waals surface area contributed by atoms with Crippen molar-refractivity contribution in [2.45, 2.75) is 38.7 Å². The van der Waals surface area contributed by atoms with Crippen LogP contribution in [0.25, 0.3) is 0 Å². The molecule has 0 aliphatic carbocycles. The van der Waals surface area contributed by atoms with Crippen LogP contribution >= 0.6 is 0 Å². The number of aliphatic hydroxyl groups is 1. The van der Waals surface area contributed by atoms with Crippen LogP contribution in [0.4, 0.5) is 0 Å². The molecule has 0 aromatic heterocycles. The van der Waals surface area contributed by atoms with Crippen molar-refractivity contribution >= 4 is 0 Å². The smallest absolute Gasteiger partial charge is 0.0624 e. The molecule has 3 heteroatoms. The average molecular weight is 227 g/mol. The first kappa shape index (κ1) is 12.3. The quantitative estimate of drug-likeness (QED) is 0.793. The van der Waals surface area contributed by atoms with Gasteiger partial charge in [0.15, 0.2) is 0 Å². The summed E-state index contributed by atoms with van der Waals surface area (Å²) in [6.45, 7) is 7.22. The molecule has 1 N–H and O–H groups in total. The molecule has 2 heterocycles. The molecule has 0 aromatic carbocycles. The van der Waals surface area contributed by atoms with Crippen LogP contribution in [0.1, 0.15) is 32.6 Å². The lowest BCUT2D eigenvalue weighted by molar-refractivity contribution is -0.0499. The Bertz CT molecular complexity index is 210. The van der Waals surface area contributed by atoms with Crippen molar-refractivity contribution in [2.24, 2.45) is 11.8 Å². The molecule has 94 valence electrons. The standard InChI is InChI=1S/C13H25NO2/c1-2-11-4-3-6-14(8-11)9-12-10-16-7-5-13(12)15/h11-13,15H,2-10H2,1H3. The van der Waals surface area contributed by atoms with Gasteiger partial charge in [0.1, 0.15) is 0 Å². The van der Waals surface area contributed by atoms with Gasteiger partial charge in [0.05, 0.1) is 12.7 Å². The van der Waals surface area contributed by atoms with Gasteiger partial charge in [-0.05, 0) is 31.7 Å². The van der Waals surface area contributed by atoms with E-state index < -0.39 is 0 Å². The lowest BCUT2D eigenvalue weighted by atomic mass is 9.93. The fraction of sp³-hybridized carbons (Fsp3) is 1.00. The van der Waals surface area contributed by atoms with E-state index in [4.69, 9.17) is 4.74 Å². The van der Waals surface area contributed by atoms with Gasteiger partial charge in [-0.1, -0.05) is 13.3 Å². The number of piperidine rings is 1. The predicted octanol–water partition coefficient (Wildman–Crippen LogP) is 1.51. The van der Waals surface area contributed by atoms with E-state index in [0.29, 0.717) is 5.92 Å². The molecule has 3 atom stereocenters. The number of likely N-dealkylation sites (tertiary alicyclic amines) is 1. The van der Waals surface area contributed by atoms with E-state index in [1.54, 1.807) is 0 Å². The van der Waals surface area contributed by atoms with Crippen molar-refractivity contribution in [1.29, 1.82) is 0 Å². The van der Waals surface area contributed by atoms with Crippen LogP contribution < -0.4 is 0 Å². The third kappa shape index (κ3) is 3.19. The average Bonchev–Trinajstić information content (AvgIpc) is 2.32. The molecule has 2 rings (SSSR count).